The molecule has 5 rings (SSSR count). The molecule has 2 amide bonds. The van der Waals surface area contributed by atoms with Gasteiger partial charge in [-0.3, -0.25) is 19.4 Å². The second-order valence-corrected chi connectivity index (χ2v) is 9.14. The molecule has 2 aliphatic rings. The molecule has 3 heterocycles. The number of benzene rings is 2. The first-order chi connectivity index (χ1) is 15.2. The number of nitrogens with zero attached hydrogens (tertiary/aromatic N) is 3. The molecule has 0 radical (unpaired) electrons. The van der Waals surface area contributed by atoms with Gasteiger partial charge in [0.25, 0.3) is 11.1 Å². The Morgan fingerprint density at radius 3 is 2.45 bits per heavy atom. The summed E-state index contributed by atoms with van der Waals surface area (Å²) in [7, 11) is 0. The van der Waals surface area contributed by atoms with Crippen molar-refractivity contribution in [3.63, 3.8) is 0 Å². The highest BCUT2D eigenvalue weighted by molar-refractivity contribution is 8.18. The van der Waals surface area contributed by atoms with E-state index in [-0.39, 0.29) is 11.1 Å². The third kappa shape index (κ3) is 4.18. The fraction of sp³-hybridized carbons (Fsp3) is 0.280. The van der Waals surface area contributed by atoms with Crippen LogP contribution >= 0.6 is 11.8 Å². The number of aromatic nitrogens is 1. The van der Waals surface area contributed by atoms with Crippen LogP contribution in [0.5, 0.6) is 0 Å². The smallest absolute Gasteiger partial charge is 0.294 e. The van der Waals surface area contributed by atoms with Crippen LogP contribution in [-0.2, 0) is 11.3 Å². The van der Waals surface area contributed by atoms with E-state index in [0.29, 0.717) is 11.6 Å². The minimum Gasteiger partial charge on any atom is -0.342 e. The van der Waals surface area contributed by atoms with Gasteiger partial charge in [0.15, 0.2) is 0 Å². The normalized spacial score (nSPS) is 19.1. The number of carbonyl (C=O) groups is 2. The van der Waals surface area contributed by atoms with Crippen LogP contribution in [0, 0.1) is 0 Å². The minimum atomic E-state index is -0.180. The molecule has 2 aromatic carbocycles. The van der Waals surface area contributed by atoms with Crippen molar-refractivity contribution < 1.29 is 9.59 Å². The predicted molar refractivity (Wildman–Crippen MR) is 126 cm³/mol. The fourth-order valence-corrected chi connectivity index (χ4v) is 5.19. The van der Waals surface area contributed by atoms with Crippen LogP contribution in [0.1, 0.15) is 30.4 Å². The number of para-hydroxylation sites is 1. The van der Waals surface area contributed by atoms with Crippen molar-refractivity contribution in [2.24, 2.45) is 0 Å². The first kappa shape index (κ1) is 20.1. The van der Waals surface area contributed by atoms with E-state index in [1.165, 1.54) is 16.9 Å². The van der Waals surface area contributed by atoms with Crippen LogP contribution in [0.15, 0.2) is 65.7 Å². The van der Waals surface area contributed by atoms with E-state index < -0.39 is 0 Å². The molecule has 0 spiro atoms. The zero-order valence-electron chi connectivity index (χ0n) is 17.4. The Labute approximate surface area is 186 Å². The Kier molecular flexibility index (Phi) is 5.66. The number of thioether (sulfide) groups is 1. The molecule has 3 aromatic rings. The molecular weight excluding hydrogens is 406 g/mol. The average molecular weight is 432 g/mol. The number of likely N-dealkylation sites (tertiary alicyclic amines) is 1. The van der Waals surface area contributed by atoms with Crippen LogP contribution in [0.25, 0.3) is 17.0 Å². The van der Waals surface area contributed by atoms with Gasteiger partial charge in [0.05, 0.1) is 11.6 Å². The minimum absolute atomic E-state index is 0.171. The van der Waals surface area contributed by atoms with Crippen LogP contribution in [0.3, 0.4) is 0 Å². The van der Waals surface area contributed by atoms with Crippen LogP contribution in [-0.4, -0.2) is 45.3 Å². The molecule has 0 saturated carbocycles. The highest BCUT2D eigenvalue weighted by Gasteiger charge is 2.36. The largest absolute Gasteiger partial charge is 0.342 e. The van der Waals surface area contributed by atoms with Gasteiger partial charge in [0.1, 0.15) is 0 Å². The van der Waals surface area contributed by atoms with Gasteiger partial charge >= 0.3 is 0 Å². The third-order valence-electron chi connectivity index (χ3n) is 5.97. The summed E-state index contributed by atoms with van der Waals surface area (Å²) >= 11 is 1.05. The molecule has 0 aliphatic carbocycles. The lowest BCUT2D eigenvalue weighted by molar-refractivity contribution is -0.124. The van der Waals surface area contributed by atoms with Gasteiger partial charge in [-0.05, 0) is 55.4 Å². The Morgan fingerprint density at radius 1 is 0.903 bits per heavy atom. The van der Waals surface area contributed by atoms with Crippen molar-refractivity contribution in [2.45, 2.75) is 25.8 Å². The van der Waals surface area contributed by atoms with Crippen molar-refractivity contribution in [1.29, 1.82) is 0 Å². The molecular formula is C25H25N3O2S. The Balaban J connectivity index is 1.43. The number of rotatable bonds is 5. The van der Waals surface area contributed by atoms with E-state index in [9.17, 15) is 9.59 Å². The zero-order chi connectivity index (χ0) is 21.2. The molecule has 6 heteroatoms. The predicted octanol–water partition coefficient (Wildman–Crippen LogP) is 5.17. The number of hydrogen-bond donors (Lipinski definition) is 0. The highest BCUT2D eigenvalue weighted by Crippen LogP contribution is 2.34. The van der Waals surface area contributed by atoms with Crippen molar-refractivity contribution >= 4 is 39.9 Å². The summed E-state index contributed by atoms with van der Waals surface area (Å²) in [5.74, 6) is -0.180. The molecule has 1 aromatic heterocycles. The van der Waals surface area contributed by atoms with Crippen molar-refractivity contribution in [2.75, 3.05) is 19.8 Å². The molecule has 0 unspecified atom stereocenters. The molecule has 0 atom stereocenters. The van der Waals surface area contributed by atoms with Gasteiger partial charge in [0.2, 0.25) is 0 Å². The Bertz CT molecular complexity index is 1150. The fourth-order valence-electron chi connectivity index (χ4n) is 4.37. The maximum Gasteiger partial charge on any atom is 0.294 e. The van der Waals surface area contributed by atoms with Gasteiger partial charge in [-0.15, -0.1) is 0 Å². The Morgan fingerprint density at radius 2 is 1.65 bits per heavy atom. The van der Waals surface area contributed by atoms with E-state index in [0.717, 1.165) is 60.7 Å². The number of piperidine rings is 1. The number of amides is 2. The first-order valence-electron chi connectivity index (χ1n) is 10.8. The second kappa shape index (κ2) is 8.73. The highest BCUT2D eigenvalue weighted by atomic mass is 32.2. The molecule has 2 aliphatic heterocycles. The molecule has 0 bridgehead atoms. The van der Waals surface area contributed by atoms with Crippen molar-refractivity contribution in [1.82, 2.24) is 14.4 Å². The van der Waals surface area contributed by atoms with Crippen molar-refractivity contribution in [3.8, 4) is 0 Å². The van der Waals surface area contributed by atoms with Gasteiger partial charge in [0, 0.05) is 29.2 Å². The third-order valence-corrected chi connectivity index (χ3v) is 6.87. The van der Waals surface area contributed by atoms with E-state index in [1.807, 2.05) is 36.4 Å². The number of carbonyl (C=O) groups excluding carboxylic acids is 2. The zero-order valence-corrected chi connectivity index (χ0v) is 18.2. The monoisotopic (exact) mass is 431 g/mol. The van der Waals surface area contributed by atoms with Gasteiger partial charge in [-0.25, -0.2) is 0 Å². The first-order valence-corrected chi connectivity index (χ1v) is 11.6. The van der Waals surface area contributed by atoms with Crippen LogP contribution in [0.2, 0.25) is 0 Å². The van der Waals surface area contributed by atoms with E-state index in [2.05, 4.69) is 39.9 Å². The topological polar surface area (TPSA) is 45.6 Å². The van der Waals surface area contributed by atoms with Crippen LogP contribution in [0.4, 0.5) is 4.79 Å². The molecule has 0 N–H and O–H groups in total. The standard InChI is InChI=1S/C25H25N3O2S/c29-24-23(31-25(30)28(24)18-26-13-7-2-8-14-26)15-20-17-27(16-19-9-3-1-4-10-19)22-12-6-5-11-21(20)22/h1,3-6,9-12,15,17H,2,7-8,13-14,16,18H2. The van der Waals surface area contributed by atoms with Gasteiger partial charge in [-0.1, -0.05) is 55.0 Å². The molecule has 158 valence electrons. The maximum absolute atomic E-state index is 13.0. The Hall–Kier alpha value is -2.83. The summed E-state index contributed by atoms with van der Waals surface area (Å²) in [5.41, 5.74) is 3.30. The number of imide groups is 1. The summed E-state index contributed by atoms with van der Waals surface area (Å²) in [4.78, 5) is 29.7. The molecule has 31 heavy (non-hydrogen) atoms. The quantitative estimate of drug-likeness (QED) is 0.523. The SMILES string of the molecule is O=C1SC(=Cc2cn(Cc3ccccc3)c3ccccc23)C(=O)N1CN1CCCCC1. The van der Waals surface area contributed by atoms with Gasteiger partial charge < -0.3 is 4.57 Å². The summed E-state index contributed by atoms with van der Waals surface area (Å²) in [5, 5.41) is 0.913. The van der Waals surface area contributed by atoms with Crippen molar-refractivity contribution in [3.05, 3.63) is 76.8 Å². The number of fused-ring (bicyclic) bond motifs is 1. The lowest BCUT2D eigenvalue weighted by Crippen LogP contribution is -2.42. The van der Waals surface area contributed by atoms with E-state index in [1.54, 1.807) is 0 Å². The summed E-state index contributed by atoms with van der Waals surface area (Å²) < 4.78 is 2.20. The molecule has 5 nitrogen and oxygen atoms in total. The second-order valence-electron chi connectivity index (χ2n) is 8.14. The summed E-state index contributed by atoms with van der Waals surface area (Å²) in [6.45, 7) is 3.06. The number of hydrogen-bond acceptors (Lipinski definition) is 4. The van der Waals surface area contributed by atoms with E-state index in [4.69, 9.17) is 0 Å². The average Bonchev–Trinajstić information content (AvgIpc) is 3.27. The lowest BCUT2D eigenvalue weighted by atomic mass is 10.1. The van der Waals surface area contributed by atoms with Gasteiger partial charge in [-0.2, -0.15) is 0 Å². The summed E-state index contributed by atoms with van der Waals surface area (Å²) in [6.07, 6.45) is 7.45. The molecule has 2 fully saturated rings. The summed E-state index contributed by atoms with van der Waals surface area (Å²) in [6, 6.07) is 18.5. The molecule has 2 saturated heterocycles. The van der Waals surface area contributed by atoms with Crippen LogP contribution < -0.4 is 0 Å². The maximum atomic E-state index is 13.0. The van der Waals surface area contributed by atoms with E-state index >= 15 is 0 Å². The lowest BCUT2D eigenvalue weighted by Gasteiger charge is -2.29.